The van der Waals surface area contributed by atoms with E-state index >= 15 is 0 Å². The van der Waals surface area contributed by atoms with Crippen LogP contribution in [0.1, 0.15) is 28.5 Å². The molecule has 7 rings (SSSR count). The number of nitrogens with two attached hydrogens (primary N) is 1. The number of anilines is 1. The SMILES string of the molecule is Nc1nccc2ccc(-c3ccc4c(c3)c(Cn3ncc5cccc(C(=O)O)c53)nn4C3CCOC3)cc12. The topological polar surface area (TPSA) is 121 Å². The van der Waals surface area contributed by atoms with E-state index < -0.39 is 5.97 Å². The van der Waals surface area contributed by atoms with Crippen molar-refractivity contribution in [3.63, 3.8) is 0 Å². The zero-order valence-corrected chi connectivity index (χ0v) is 20.4. The van der Waals surface area contributed by atoms with E-state index in [0.717, 1.165) is 50.3 Å². The highest BCUT2D eigenvalue weighted by molar-refractivity contribution is 6.02. The molecule has 38 heavy (non-hydrogen) atoms. The Balaban J connectivity index is 1.39. The van der Waals surface area contributed by atoms with Crippen LogP contribution in [0.25, 0.3) is 43.7 Å². The molecule has 0 saturated carbocycles. The van der Waals surface area contributed by atoms with Gasteiger partial charge in [-0.15, -0.1) is 0 Å². The third kappa shape index (κ3) is 3.59. The summed E-state index contributed by atoms with van der Waals surface area (Å²) in [6.07, 6.45) is 4.30. The fraction of sp³-hybridized carbons (Fsp3) is 0.172. The molecular formula is C29H24N6O3. The molecule has 6 aromatic rings. The molecule has 0 spiro atoms. The lowest BCUT2D eigenvalue weighted by Gasteiger charge is -2.10. The van der Waals surface area contributed by atoms with Crippen LogP contribution in [0, 0.1) is 0 Å². The number of carboxylic acid groups (broad SMARTS) is 1. The number of hydrogen-bond donors (Lipinski definition) is 2. The maximum Gasteiger partial charge on any atom is 0.337 e. The lowest BCUT2D eigenvalue weighted by atomic mass is 10.00. The lowest BCUT2D eigenvalue weighted by Crippen LogP contribution is -2.11. The van der Waals surface area contributed by atoms with Crippen LogP contribution in [-0.4, -0.2) is 48.8 Å². The zero-order chi connectivity index (χ0) is 25.8. The molecule has 0 amide bonds. The first kappa shape index (κ1) is 22.4. The van der Waals surface area contributed by atoms with Crippen LogP contribution in [0.15, 0.2) is 73.1 Å². The van der Waals surface area contributed by atoms with Gasteiger partial charge in [-0.05, 0) is 53.3 Å². The molecule has 188 valence electrons. The number of fused-ring (bicyclic) bond motifs is 3. The van der Waals surface area contributed by atoms with E-state index in [0.29, 0.717) is 31.1 Å². The van der Waals surface area contributed by atoms with Gasteiger partial charge < -0.3 is 15.6 Å². The minimum absolute atomic E-state index is 0.146. The highest BCUT2D eigenvalue weighted by Crippen LogP contribution is 2.33. The van der Waals surface area contributed by atoms with Gasteiger partial charge in [-0.2, -0.15) is 10.2 Å². The van der Waals surface area contributed by atoms with Crippen molar-refractivity contribution in [2.45, 2.75) is 19.0 Å². The molecule has 4 heterocycles. The van der Waals surface area contributed by atoms with E-state index in [9.17, 15) is 9.90 Å². The van der Waals surface area contributed by atoms with Crippen LogP contribution in [0.4, 0.5) is 5.82 Å². The summed E-state index contributed by atoms with van der Waals surface area (Å²) in [6, 6.07) is 19.8. The molecule has 0 aliphatic carbocycles. The average molecular weight is 505 g/mol. The molecule has 9 nitrogen and oxygen atoms in total. The summed E-state index contributed by atoms with van der Waals surface area (Å²) < 4.78 is 9.44. The minimum Gasteiger partial charge on any atom is -0.478 e. The fourth-order valence-electron chi connectivity index (χ4n) is 5.44. The van der Waals surface area contributed by atoms with E-state index in [2.05, 4.69) is 46.5 Å². The van der Waals surface area contributed by atoms with Crippen molar-refractivity contribution in [2.75, 3.05) is 18.9 Å². The van der Waals surface area contributed by atoms with Crippen molar-refractivity contribution in [1.29, 1.82) is 0 Å². The minimum atomic E-state index is -0.983. The van der Waals surface area contributed by atoms with Gasteiger partial charge in [-0.25, -0.2) is 9.78 Å². The zero-order valence-electron chi connectivity index (χ0n) is 20.4. The van der Waals surface area contributed by atoms with Crippen molar-refractivity contribution in [3.05, 3.63) is 84.3 Å². The number of nitrogens with zero attached hydrogens (tertiary/aromatic N) is 5. The standard InChI is InChI=1S/C29H24N6O3/c30-28-23-12-18(5-4-17(23)8-10-31-28)19-6-7-26-24(13-19)25(33-35(26)21-9-11-38-16-21)15-34-27-20(14-32-34)2-1-3-22(27)29(36)37/h1-8,10,12-14,21H,9,11,15-16H2,(H2,30,31)(H,36,37). The number of aromatic nitrogens is 5. The highest BCUT2D eigenvalue weighted by Gasteiger charge is 2.24. The third-order valence-corrected chi connectivity index (χ3v) is 7.36. The number of carbonyl (C=O) groups is 1. The second kappa shape index (κ2) is 8.67. The Kier molecular flexibility index (Phi) is 5.12. The number of pyridine rings is 1. The summed E-state index contributed by atoms with van der Waals surface area (Å²) in [4.78, 5) is 16.2. The number of hydrogen-bond acceptors (Lipinski definition) is 6. The smallest absolute Gasteiger partial charge is 0.337 e. The van der Waals surface area contributed by atoms with E-state index in [1.165, 1.54) is 0 Å². The second-order valence-electron chi connectivity index (χ2n) is 9.62. The van der Waals surface area contributed by atoms with Gasteiger partial charge in [0.2, 0.25) is 0 Å². The van der Waals surface area contributed by atoms with Crippen molar-refractivity contribution < 1.29 is 14.6 Å². The number of rotatable bonds is 5. The Morgan fingerprint density at radius 1 is 1.05 bits per heavy atom. The van der Waals surface area contributed by atoms with Crippen molar-refractivity contribution in [1.82, 2.24) is 24.5 Å². The van der Waals surface area contributed by atoms with Gasteiger partial charge >= 0.3 is 5.97 Å². The number of benzene rings is 3. The third-order valence-electron chi connectivity index (χ3n) is 7.36. The molecule has 1 fully saturated rings. The summed E-state index contributed by atoms with van der Waals surface area (Å²) in [7, 11) is 0. The molecule has 3 aromatic heterocycles. The molecular weight excluding hydrogens is 480 g/mol. The largest absolute Gasteiger partial charge is 0.478 e. The first-order valence-electron chi connectivity index (χ1n) is 12.5. The van der Waals surface area contributed by atoms with Crippen LogP contribution in [0.3, 0.4) is 0 Å². The molecule has 0 radical (unpaired) electrons. The second-order valence-corrected chi connectivity index (χ2v) is 9.62. The van der Waals surface area contributed by atoms with Crippen LogP contribution < -0.4 is 5.73 Å². The summed E-state index contributed by atoms with van der Waals surface area (Å²) in [5.41, 5.74) is 10.8. The van der Waals surface area contributed by atoms with Gasteiger partial charge in [0.25, 0.3) is 0 Å². The number of para-hydroxylation sites is 1. The Morgan fingerprint density at radius 3 is 2.71 bits per heavy atom. The maximum absolute atomic E-state index is 11.9. The Bertz CT molecular complexity index is 1870. The fourth-order valence-corrected chi connectivity index (χ4v) is 5.44. The van der Waals surface area contributed by atoms with E-state index in [1.54, 1.807) is 29.2 Å². The number of aromatic carboxylic acids is 1. The molecule has 3 N–H and O–H groups in total. The summed E-state index contributed by atoms with van der Waals surface area (Å²) >= 11 is 0. The van der Waals surface area contributed by atoms with Crippen molar-refractivity contribution in [3.8, 4) is 11.1 Å². The van der Waals surface area contributed by atoms with Gasteiger partial charge in [-0.1, -0.05) is 30.3 Å². The molecule has 1 unspecified atom stereocenters. The van der Waals surface area contributed by atoms with Gasteiger partial charge in [0.15, 0.2) is 0 Å². The van der Waals surface area contributed by atoms with Crippen LogP contribution in [0.2, 0.25) is 0 Å². The first-order valence-corrected chi connectivity index (χ1v) is 12.5. The summed E-state index contributed by atoms with van der Waals surface area (Å²) in [5, 5.41) is 23.1. The molecule has 9 heteroatoms. The Hall–Kier alpha value is -4.76. The van der Waals surface area contributed by atoms with E-state index in [1.807, 2.05) is 16.8 Å². The van der Waals surface area contributed by atoms with Crippen LogP contribution >= 0.6 is 0 Å². The van der Waals surface area contributed by atoms with Gasteiger partial charge in [0.1, 0.15) is 5.82 Å². The van der Waals surface area contributed by atoms with Crippen molar-refractivity contribution in [2.24, 2.45) is 0 Å². The Labute approximate surface area is 217 Å². The highest BCUT2D eigenvalue weighted by atomic mass is 16.5. The molecule has 0 bridgehead atoms. The van der Waals surface area contributed by atoms with Gasteiger partial charge in [0, 0.05) is 29.0 Å². The number of ether oxygens (including phenoxy) is 1. The molecule has 1 atom stereocenters. The van der Waals surface area contributed by atoms with E-state index in [4.69, 9.17) is 15.6 Å². The maximum atomic E-state index is 11.9. The predicted molar refractivity (Wildman–Crippen MR) is 145 cm³/mol. The lowest BCUT2D eigenvalue weighted by molar-refractivity contribution is 0.0698. The van der Waals surface area contributed by atoms with Gasteiger partial charge in [0.05, 0.1) is 47.7 Å². The average Bonchev–Trinajstić information content (AvgIpc) is 3.68. The monoisotopic (exact) mass is 504 g/mol. The predicted octanol–water partition coefficient (Wildman–Crippen LogP) is 4.89. The van der Waals surface area contributed by atoms with Crippen molar-refractivity contribution >= 4 is 44.4 Å². The quantitative estimate of drug-likeness (QED) is 0.343. The van der Waals surface area contributed by atoms with Crippen LogP contribution in [-0.2, 0) is 11.3 Å². The summed E-state index contributed by atoms with van der Waals surface area (Å²) in [5.74, 6) is -0.483. The Morgan fingerprint density at radius 2 is 1.89 bits per heavy atom. The summed E-state index contributed by atoms with van der Waals surface area (Å²) in [6.45, 7) is 1.66. The molecule has 1 aliphatic heterocycles. The van der Waals surface area contributed by atoms with Gasteiger partial charge in [-0.3, -0.25) is 9.36 Å². The normalized spacial score (nSPS) is 15.6. The number of nitrogen functional groups attached to an aromatic ring is 1. The first-order chi connectivity index (χ1) is 18.6. The molecule has 3 aromatic carbocycles. The molecule has 1 aliphatic rings. The number of carboxylic acids is 1. The van der Waals surface area contributed by atoms with Crippen LogP contribution in [0.5, 0.6) is 0 Å². The van der Waals surface area contributed by atoms with E-state index in [-0.39, 0.29) is 11.6 Å². The molecule has 1 saturated heterocycles.